The number of benzene rings is 3. The SMILES string of the molecule is CC(C)Oc1cncc(CNCC(O)C(Cc2ccccc2)NC(=O)c2cc(C(=O)NC(C)c3ccccc3)cc(N(C)S(C)(=O)=O)c2)c1. The van der Waals surface area contributed by atoms with Crippen molar-refractivity contribution in [3.63, 3.8) is 0 Å². The van der Waals surface area contributed by atoms with E-state index in [1.165, 1.54) is 25.2 Å². The molecule has 12 heteroatoms. The lowest BCUT2D eigenvalue weighted by molar-refractivity contribution is 0.0830. The van der Waals surface area contributed by atoms with Gasteiger partial charge in [-0.15, -0.1) is 0 Å². The lowest BCUT2D eigenvalue weighted by Crippen LogP contribution is -2.48. The number of aliphatic hydroxyl groups is 1. The van der Waals surface area contributed by atoms with Crippen LogP contribution in [-0.4, -0.2) is 68.4 Å². The highest BCUT2D eigenvalue weighted by atomic mass is 32.2. The zero-order valence-corrected chi connectivity index (χ0v) is 29.3. The minimum absolute atomic E-state index is 0.00460. The fourth-order valence-electron chi connectivity index (χ4n) is 5.16. The second-order valence-corrected chi connectivity index (χ2v) is 14.3. The Labute approximate surface area is 288 Å². The summed E-state index contributed by atoms with van der Waals surface area (Å²) in [7, 11) is -2.36. The number of anilines is 1. The molecule has 3 aromatic carbocycles. The van der Waals surface area contributed by atoms with E-state index in [4.69, 9.17) is 4.74 Å². The maximum Gasteiger partial charge on any atom is 0.251 e. The number of hydrogen-bond donors (Lipinski definition) is 4. The van der Waals surface area contributed by atoms with Crippen LogP contribution in [0.15, 0.2) is 97.3 Å². The molecule has 0 aliphatic carbocycles. The second kappa shape index (κ2) is 17.0. The molecule has 0 saturated carbocycles. The number of aliphatic hydroxyl groups excluding tert-OH is 1. The van der Waals surface area contributed by atoms with Gasteiger partial charge in [-0.2, -0.15) is 0 Å². The second-order valence-electron chi connectivity index (χ2n) is 12.3. The first-order chi connectivity index (χ1) is 23.3. The fraction of sp³-hybridized carbons (Fsp3) is 0.324. The first-order valence-corrected chi connectivity index (χ1v) is 17.9. The highest BCUT2D eigenvalue weighted by molar-refractivity contribution is 7.92. The maximum absolute atomic E-state index is 13.8. The van der Waals surface area contributed by atoms with Crippen molar-refractivity contribution in [3.8, 4) is 5.75 Å². The van der Waals surface area contributed by atoms with Gasteiger partial charge in [0.2, 0.25) is 10.0 Å². The van der Waals surface area contributed by atoms with Gasteiger partial charge in [0.1, 0.15) is 5.75 Å². The molecule has 1 heterocycles. The van der Waals surface area contributed by atoms with Gasteiger partial charge in [-0.05, 0) is 68.1 Å². The average molecular weight is 688 g/mol. The molecule has 260 valence electrons. The first kappa shape index (κ1) is 37.0. The van der Waals surface area contributed by atoms with Crippen LogP contribution >= 0.6 is 0 Å². The van der Waals surface area contributed by atoms with Gasteiger partial charge < -0.3 is 25.8 Å². The molecule has 1 aromatic heterocycles. The van der Waals surface area contributed by atoms with E-state index in [0.29, 0.717) is 18.7 Å². The minimum Gasteiger partial charge on any atom is -0.489 e. The van der Waals surface area contributed by atoms with Crippen LogP contribution in [-0.2, 0) is 23.0 Å². The van der Waals surface area contributed by atoms with Crippen molar-refractivity contribution in [1.82, 2.24) is 20.9 Å². The Hall–Kier alpha value is -4.78. The van der Waals surface area contributed by atoms with Gasteiger partial charge in [-0.3, -0.25) is 18.9 Å². The van der Waals surface area contributed by atoms with Crippen LogP contribution in [0.25, 0.3) is 0 Å². The Morgan fingerprint density at radius 1 is 0.857 bits per heavy atom. The summed E-state index contributed by atoms with van der Waals surface area (Å²) < 4.78 is 31.7. The van der Waals surface area contributed by atoms with Crippen LogP contribution in [0.4, 0.5) is 5.69 Å². The van der Waals surface area contributed by atoms with Crippen LogP contribution in [0.3, 0.4) is 0 Å². The third kappa shape index (κ3) is 11.1. The van der Waals surface area contributed by atoms with Crippen molar-refractivity contribution in [3.05, 3.63) is 125 Å². The third-order valence-corrected chi connectivity index (χ3v) is 9.06. The van der Waals surface area contributed by atoms with E-state index in [2.05, 4.69) is 20.9 Å². The lowest BCUT2D eigenvalue weighted by Gasteiger charge is -2.25. The zero-order chi connectivity index (χ0) is 35.6. The summed E-state index contributed by atoms with van der Waals surface area (Å²) >= 11 is 0. The number of sulfonamides is 1. The van der Waals surface area contributed by atoms with Crippen molar-refractivity contribution >= 4 is 27.5 Å². The topological polar surface area (TPSA) is 150 Å². The van der Waals surface area contributed by atoms with Gasteiger partial charge in [0.25, 0.3) is 11.8 Å². The predicted octanol–water partition coefficient (Wildman–Crippen LogP) is 4.25. The highest BCUT2D eigenvalue weighted by Gasteiger charge is 2.25. The van der Waals surface area contributed by atoms with E-state index in [1.54, 1.807) is 12.4 Å². The van der Waals surface area contributed by atoms with Gasteiger partial charge in [0, 0.05) is 37.5 Å². The molecule has 49 heavy (non-hydrogen) atoms. The van der Waals surface area contributed by atoms with E-state index >= 15 is 0 Å². The zero-order valence-electron chi connectivity index (χ0n) is 28.5. The number of rotatable bonds is 16. The highest BCUT2D eigenvalue weighted by Crippen LogP contribution is 2.22. The fourth-order valence-corrected chi connectivity index (χ4v) is 5.65. The summed E-state index contributed by atoms with van der Waals surface area (Å²) in [6.07, 6.45) is 3.71. The summed E-state index contributed by atoms with van der Waals surface area (Å²) in [5.41, 5.74) is 2.98. The molecule has 3 atom stereocenters. The van der Waals surface area contributed by atoms with Gasteiger partial charge >= 0.3 is 0 Å². The summed E-state index contributed by atoms with van der Waals surface area (Å²) in [6, 6.07) is 23.9. The summed E-state index contributed by atoms with van der Waals surface area (Å²) in [5, 5.41) is 20.4. The molecule has 4 rings (SSSR count). The Morgan fingerprint density at radius 2 is 1.47 bits per heavy atom. The summed E-state index contributed by atoms with van der Waals surface area (Å²) in [4.78, 5) is 31.5. The Bertz CT molecular complexity index is 1800. The summed E-state index contributed by atoms with van der Waals surface area (Å²) in [5.74, 6) is -0.399. The molecule has 11 nitrogen and oxygen atoms in total. The number of aromatic nitrogens is 1. The van der Waals surface area contributed by atoms with Crippen LogP contribution < -0.4 is 25.0 Å². The number of carbonyl (C=O) groups is 2. The summed E-state index contributed by atoms with van der Waals surface area (Å²) in [6.45, 7) is 6.26. The molecule has 4 aromatic rings. The van der Waals surface area contributed by atoms with Crippen molar-refractivity contribution < 1.29 is 27.9 Å². The number of nitrogens with zero attached hydrogens (tertiary/aromatic N) is 2. The standard InChI is InChI=1S/C37H45N5O6S/c1-25(2)48-33-16-28(21-38-23-33)22-39-24-35(43)34(17-27-12-8-6-9-13-27)41-37(45)31-18-30(19-32(20-31)42(4)49(5,46)47)36(44)40-26(3)29-14-10-7-11-15-29/h6-16,18-21,23,25-26,34-35,39,43H,17,22,24H2,1-5H3,(H,40,44)(H,41,45). The van der Waals surface area contributed by atoms with Crippen LogP contribution in [0, 0.1) is 0 Å². The molecule has 0 spiro atoms. The first-order valence-electron chi connectivity index (χ1n) is 16.1. The molecule has 4 N–H and O–H groups in total. The third-order valence-electron chi connectivity index (χ3n) is 7.85. The van der Waals surface area contributed by atoms with Crippen molar-refractivity contribution in [2.45, 2.75) is 58.0 Å². The molecular formula is C37H45N5O6S. The molecule has 0 fully saturated rings. The maximum atomic E-state index is 13.8. The predicted molar refractivity (Wildman–Crippen MR) is 191 cm³/mol. The molecule has 0 radical (unpaired) electrons. The molecule has 0 aliphatic heterocycles. The van der Waals surface area contributed by atoms with Gasteiger partial charge in [-0.1, -0.05) is 60.7 Å². The monoisotopic (exact) mass is 687 g/mol. The number of hydrogen-bond acceptors (Lipinski definition) is 8. The minimum atomic E-state index is -3.72. The van der Waals surface area contributed by atoms with Crippen molar-refractivity contribution in [2.24, 2.45) is 0 Å². The van der Waals surface area contributed by atoms with Crippen LogP contribution in [0.5, 0.6) is 5.75 Å². The number of amides is 2. The van der Waals surface area contributed by atoms with Crippen molar-refractivity contribution in [1.29, 1.82) is 0 Å². The van der Waals surface area contributed by atoms with E-state index in [0.717, 1.165) is 27.3 Å². The van der Waals surface area contributed by atoms with Gasteiger partial charge in [0.15, 0.2) is 0 Å². The quantitative estimate of drug-likeness (QED) is 0.137. The smallest absolute Gasteiger partial charge is 0.251 e. The van der Waals surface area contributed by atoms with E-state index in [9.17, 15) is 23.1 Å². The van der Waals surface area contributed by atoms with E-state index in [1.807, 2.05) is 87.5 Å². The molecule has 2 amide bonds. The number of carbonyl (C=O) groups excluding carboxylic acids is 2. The number of ether oxygens (including phenoxy) is 1. The molecule has 0 aliphatic rings. The molecule has 3 unspecified atom stereocenters. The van der Waals surface area contributed by atoms with Crippen LogP contribution in [0.2, 0.25) is 0 Å². The molecule has 0 saturated heterocycles. The van der Waals surface area contributed by atoms with Gasteiger partial charge in [-0.25, -0.2) is 8.42 Å². The Balaban J connectivity index is 1.56. The molecular weight excluding hydrogens is 643 g/mol. The largest absolute Gasteiger partial charge is 0.489 e. The van der Waals surface area contributed by atoms with Crippen LogP contribution in [0.1, 0.15) is 64.2 Å². The number of pyridine rings is 1. The number of nitrogens with one attached hydrogen (secondary N) is 3. The Kier molecular flexibility index (Phi) is 12.9. The normalized spacial score (nSPS) is 13.3. The van der Waals surface area contributed by atoms with E-state index in [-0.39, 0.29) is 35.5 Å². The average Bonchev–Trinajstić information content (AvgIpc) is 3.07. The van der Waals surface area contributed by atoms with E-state index < -0.39 is 34.0 Å². The van der Waals surface area contributed by atoms with Crippen molar-refractivity contribution in [2.75, 3.05) is 24.2 Å². The molecule has 0 bridgehead atoms. The van der Waals surface area contributed by atoms with Gasteiger partial charge in [0.05, 0.1) is 42.4 Å². The Morgan fingerprint density at radius 3 is 2.08 bits per heavy atom. The lowest BCUT2D eigenvalue weighted by atomic mass is 10.00.